The van der Waals surface area contributed by atoms with Crippen LogP contribution < -0.4 is 5.32 Å². The molecule has 2 fully saturated rings. The van der Waals surface area contributed by atoms with Crippen molar-refractivity contribution in [2.24, 2.45) is 5.92 Å². The maximum atomic E-state index is 13.0. The maximum Gasteiger partial charge on any atom is 0.332 e. The fourth-order valence-electron chi connectivity index (χ4n) is 3.40. The molecule has 1 unspecified atom stereocenters. The first-order chi connectivity index (χ1) is 12.0. The van der Waals surface area contributed by atoms with E-state index in [9.17, 15) is 12.3 Å². The molecule has 0 amide bonds. The summed E-state index contributed by atoms with van der Waals surface area (Å²) in [6.45, 7) is 3.96. The molecule has 4 rings (SSSR count). The van der Waals surface area contributed by atoms with E-state index in [0.29, 0.717) is 11.6 Å². The van der Waals surface area contributed by atoms with Crippen LogP contribution in [0.2, 0.25) is 0 Å². The largest absolute Gasteiger partial charge is 0.332 e. The van der Waals surface area contributed by atoms with Gasteiger partial charge in [-0.2, -0.15) is 8.42 Å². The third-order valence-corrected chi connectivity index (χ3v) is 5.65. The van der Waals surface area contributed by atoms with Gasteiger partial charge >= 0.3 is 10.2 Å². The second-order valence-corrected chi connectivity index (χ2v) is 7.94. The van der Waals surface area contributed by atoms with E-state index in [4.69, 9.17) is 0 Å². The van der Waals surface area contributed by atoms with Gasteiger partial charge in [0.05, 0.1) is 22.8 Å². The second kappa shape index (κ2) is 6.47. The summed E-state index contributed by atoms with van der Waals surface area (Å²) < 4.78 is 36.4. The lowest BCUT2D eigenvalue weighted by molar-refractivity contribution is 0.153. The van der Waals surface area contributed by atoms with Crippen LogP contribution in [0.25, 0.3) is 5.69 Å². The summed E-state index contributed by atoms with van der Waals surface area (Å²) in [6, 6.07) is 5.81. The Balaban J connectivity index is 1.58. The van der Waals surface area contributed by atoms with Gasteiger partial charge in [0.15, 0.2) is 0 Å². The van der Waals surface area contributed by atoms with Gasteiger partial charge in [0.2, 0.25) is 0 Å². The summed E-state index contributed by atoms with van der Waals surface area (Å²) in [4.78, 5) is 2.11. The van der Waals surface area contributed by atoms with Crippen molar-refractivity contribution in [3.63, 3.8) is 0 Å². The molecule has 0 radical (unpaired) electrons. The number of piperazine rings is 1. The quantitative estimate of drug-likeness (QED) is 0.804. The van der Waals surface area contributed by atoms with Crippen LogP contribution in [-0.2, 0) is 10.2 Å². The van der Waals surface area contributed by atoms with Gasteiger partial charge in [0.25, 0.3) is 0 Å². The van der Waals surface area contributed by atoms with Crippen molar-refractivity contribution in [1.29, 1.82) is 0 Å². The fourth-order valence-corrected chi connectivity index (χ4v) is 3.86. The second-order valence-electron chi connectivity index (χ2n) is 6.59. The molecule has 25 heavy (non-hydrogen) atoms. The molecule has 1 saturated heterocycles. The Morgan fingerprint density at radius 3 is 2.44 bits per heavy atom. The van der Waals surface area contributed by atoms with E-state index < -0.39 is 10.2 Å². The minimum atomic E-state index is -4.69. The number of halogens is 1. The first-order valence-corrected chi connectivity index (χ1v) is 9.83. The van der Waals surface area contributed by atoms with E-state index in [1.165, 1.54) is 37.1 Å². The Kier molecular flexibility index (Phi) is 4.30. The van der Waals surface area contributed by atoms with Crippen LogP contribution >= 0.6 is 0 Å². The highest BCUT2D eigenvalue weighted by atomic mass is 32.3. The van der Waals surface area contributed by atoms with E-state index >= 15 is 0 Å². The van der Waals surface area contributed by atoms with Crippen LogP contribution in [0.4, 0.5) is 3.89 Å². The van der Waals surface area contributed by atoms with Gasteiger partial charge in [0, 0.05) is 26.2 Å². The third-order valence-electron chi connectivity index (χ3n) is 4.81. The SMILES string of the molecule is O=S(=O)(F)c1ccc(-n2cc(C(C3CC3)N3CCNCC3)nn2)cc1. The van der Waals surface area contributed by atoms with E-state index in [1.807, 2.05) is 6.20 Å². The van der Waals surface area contributed by atoms with Crippen LogP contribution in [0.3, 0.4) is 0 Å². The molecule has 1 aliphatic carbocycles. The summed E-state index contributed by atoms with van der Waals surface area (Å²) >= 11 is 0. The van der Waals surface area contributed by atoms with Crippen LogP contribution in [-0.4, -0.2) is 54.5 Å². The molecule has 2 aliphatic rings. The van der Waals surface area contributed by atoms with Gasteiger partial charge < -0.3 is 5.32 Å². The van der Waals surface area contributed by atoms with Crippen LogP contribution in [0, 0.1) is 5.92 Å². The van der Waals surface area contributed by atoms with Crippen LogP contribution in [0.15, 0.2) is 35.4 Å². The average Bonchev–Trinajstić information content (AvgIpc) is 3.32. The zero-order chi connectivity index (χ0) is 17.4. The highest BCUT2D eigenvalue weighted by Crippen LogP contribution is 2.44. The smallest absolute Gasteiger partial charge is 0.314 e. The Morgan fingerprint density at radius 2 is 1.84 bits per heavy atom. The summed E-state index contributed by atoms with van der Waals surface area (Å²) in [5, 5.41) is 11.9. The van der Waals surface area contributed by atoms with Gasteiger partial charge in [-0.05, 0) is 43.0 Å². The normalized spacial score (nSPS) is 20.5. The number of aromatic nitrogens is 3. The molecule has 1 aromatic heterocycles. The summed E-state index contributed by atoms with van der Waals surface area (Å²) in [5.41, 5.74) is 1.59. The van der Waals surface area contributed by atoms with Crippen LogP contribution in [0.5, 0.6) is 0 Å². The molecule has 7 nitrogen and oxygen atoms in total. The van der Waals surface area contributed by atoms with Crippen molar-refractivity contribution in [2.45, 2.75) is 23.8 Å². The summed E-state index contributed by atoms with van der Waals surface area (Å²) in [7, 11) is -4.69. The average molecular weight is 365 g/mol. The summed E-state index contributed by atoms with van der Waals surface area (Å²) in [5.74, 6) is 0.627. The molecule has 1 N–H and O–H groups in total. The van der Waals surface area contributed by atoms with Crippen molar-refractivity contribution in [3.8, 4) is 5.69 Å². The lowest BCUT2D eigenvalue weighted by Crippen LogP contribution is -2.45. The van der Waals surface area contributed by atoms with Crippen molar-refractivity contribution in [2.75, 3.05) is 26.2 Å². The summed E-state index contributed by atoms with van der Waals surface area (Å²) in [6.07, 6.45) is 4.32. The number of hydrogen-bond donors (Lipinski definition) is 1. The van der Waals surface area contributed by atoms with Gasteiger partial charge in [-0.3, -0.25) is 4.90 Å². The molecular formula is C16H20FN5O2S. The van der Waals surface area contributed by atoms with Gasteiger partial charge in [-0.25, -0.2) is 4.68 Å². The molecular weight excluding hydrogens is 345 g/mol. The molecule has 1 aromatic carbocycles. The lowest BCUT2D eigenvalue weighted by atomic mass is 10.1. The van der Waals surface area contributed by atoms with Crippen LogP contribution in [0.1, 0.15) is 24.6 Å². The monoisotopic (exact) mass is 365 g/mol. The molecule has 2 aromatic rings. The number of benzene rings is 1. The number of rotatable bonds is 5. The number of nitrogens with one attached hydrogen (secondary N) is 1. The standard InChI is InChI=1S/C16H20FN5O2S/c17-25(23,24)14-5-3-13(4-6-14)22-11-15(19-20-22)16(12-1-2-12)21-9-7-18-8-10-21/h3-6,11-12,16,18H,1-2,7-10H2. The minimum Gasteiger partial charge on any atom is -0.314 e. The van der Waals surface area contributed by atoms with E-state index in [-0.39, 0.29) is 10.9 Å². The highest BCUT2D eigenvalue weighted by Gasteiger charge is 2.38. The predicted octanol–water partition coefficient (Wildman–Crippen LogP) is 1.28. The molecule has 2 heterocycles. The van der Waals surface area contributed by atoms with Crippen molar-refractivity contribution in [3.05, 3.63) is 36.2 Å². The Hall–Kier alpha value is -1.84. The molecule has 1 aliphatic heterocycles. The zero-order valence-corrected chi connectivity index (χ0v) is 14.5. The van der Waals surface area contributed by atoms with Crippen molar-refractivity contribution < 1.29 is 12.3 Å². The molecule has 1 atom stereocenters. The first kappa shape index (κ1) is 16.6. The van der Waals surface area contributed by atoms with E-state index in [0.717, 1.165) is 31.9 Å². The molecule has 0 bridgehead atoms. The van der Waals surface area contributed by atoms with Gasteiger partial charge in [-0.15, -0.1) is 8.98 Å². The first-order valence-electron chi connectivity index (χ1n) is 8.44. The molecule has 134 valence electrons. The number of hydrogen-bond acceptors (Lipinski definition) is 6. The Bertz CT molecular complexity index is 842. The maximum absolute atomic E-state index is 13.0. The molecule has 0 spiro atoms. The van der Waals surface area contributed by atoms with Gasteiger partial charge in [-0.1, -0.05) is 5.21 Å². The Labute approximate surface area is 146 Å². The van der Waals surface area contributed by atoms with E-state index in [2.05, 4.69) is 20.5 Å². The van der Waals surface area contributed by atoms with Crippen molar-refractivity contribution in [1.82, 2.24) is 25.2 Å². The lowest BCUT2D eigenvalue weighted by Gasteiger charge is -2.33. The van der Waals surface area contributed by atoms with Crippen molar-refractivity contribution >= 4 is 10.2 Å². The highest BCUT2D eigenvalue weighted by molar-refractivity contribution is 7.86. The predicted molar refractivity (Wildman–Crippen MR) is 89.6 cm³/mol. The fraction of sp³-hybridized carbons (Fsp3) is 0.500. The third kappa shape index (κ3) is 3.58. The topological polar surface area (TPSA) is 80.1 Å². The minimum absolute atomic E-state index is 0.279. The van der Waals surface area contributed by atoms with Gasteiger partial charge in [0.1, 0.15) is 5.69 Å². The van der Waals surface area contributed by atoms with E-state index in [1.54, 1.807) is 4.68 Å². The molecule has 1 saturated carbocycles. The Morgan fingerprint density at radius 1 is 1.16 bits per heavy atom. The zero-order valence-electron chi connectivity index (χ0n) is 13.7. The number of nitrogens with zero attached hydrogens (tertiary/aromatic N) is 4. The molecule has 9 heteroatoms.